The van der Waals surface area contributed by atoms with Crippen LogP contribution in [0.4, 0.5) is 13.6 Å². The summed E-state index contributed by atoms with van der Waals surface area (Å²) >= 11 is 0. The number of hydrogen-bond acceptors (Lipinski definition) is 2. The Morgan fingerprint density at radius 3 is 2.35 bits per heavy atom. The van der Waals surface area contributed by atoms with E-state index in [0.717, 1.165) is 18.2 Å². The molecule has 3 N–H and O–H groups in total. The van der Waals surface area contributed by atoms with E-state index in [2.05, 4.69) is 5.32 Å². The van der Waals surface area contributed by atoms with E-state index in [-0.39, 0.29) is 0 Å². The zero-order valence-electron chi connectivity index (χ0n) is 8.46. The molecule has 5 nitrogen and oxygen atoms in total. The maximum absolute atomic E-state index is 13.6. The maximum atomic E-state index is 13.6. The van der Waals surface area contributed by atoms with Crippen molar-refractivity contribution in [3.05, 3.63) is 35.4 Å². The van der Waals surface area contributed by atoms with Gasteiger partial charge in [-0.3, -0.25) is 0 Å². The van der Waals surface area contributed by atoms with Gasteiger partial charge in [-0.25, -0.2) is 18.4 Å². The summed E-state index contributed by atoms with van der Waals surface area (Å²) in [6.45, 7) is -0.418. The van der Waals surface area contributed by atoms with E-state index >= 15 is 0 Å². The lowest BCUT2D eigenvalue weighted by Gasteiger charge is -2.24. The number of hydrogen-bond donors (Lipinski definition) is 3. The number of halogens is 2. The summed E-state index contributed by atoms with van der Waals surface area (Å²) in [6, 6.07) is 2.21. The third-order valence-electron chi connectivity index (χ3n) is 2.60. The van der Waals surface area contributed by atoms with Crippen molar-refractivity contribution >= 4 is 12.0 Å². The molecule has 1 aliphatic rings. The summed E-state index contributed by atoms with van der Waals surface area (Å²) in [4.78, 5) is 22.2. The van der Waals surface area contributed by atoms with Gasteiger partial charge in [0, 0.05) is 0 Å². The SMILES string of the molecule is O=C1NCC(C(=O)O)(c2c(F)cccc2F)N1. The van der Waals surface area contributed by atoms with Crippen molar-refractivity contribution in [2.75, 3.05) is 6.54 Å². The molecule has 2 amide bonds. The summed E-state index contributed by atoms with van der Waals surface area (Å²) in [5.74, 6) is -3.56. The summed E-state index contributed by atoms with van der Waals surface area (Å²) < 4.78 is 27.1. The molecule has 1 aromatic carbocycles. The second-order valence-electron chi connectivity index (χ2n) is 3.61. The van der Waals surface area contributed by atoms with Crippen LogP contribution < -0.4 is 10.6 Å². The van der Waals surface area contributed by atoms with Crippen molar-refractivity contribution in [1.82, 2.24) is 10.6 Å². The lowest BCUT2D eigenvalue weighted by molar-refractivity contribution is -0.144. The van der Waals surface area contributed by atoms with Crippen molar-refractivity contribution in [1.29, 1.82) is 0 Å². The third kappa shape index (κ3) is 1.59. The fourth-order valence-corrected chi connectivity index (χ4v) is 1.79. The van der Waals surface area contributed by atoms with E-state index in [4.69, 9.17) is 5.11 Å². The summed E-state index contributed by atoms with van der Waals surface area (Å²) in [5.41, 5.74) is -2.78. The first-order chi connectivity index (χ1) is 7.97. The van der Waals surface area contributed by atoms with Crippen LogP contribution in [0.3, 0.4) is 0 Å². The smallest absolute Gasteiger partial charge is 0.336 e. The average Bonchev–Trinajstić information content (AvgIpc) is 2.61. The Labute approximate surface area is 94.4 Å². The third-order valence-corrected chi connectivity index (χ3v) is 2.60. The molecule has 0 bridgehead atoms. The number of urea groups is 1. The zero-order chi connectivity index (χ0) is 12.6. The van der Waals surface area contributed by atoms with Gasteiger partial charge in [0.05, 0.1) is 12.1 Å². The van der Waals surface area contributed by atoms with E-state index in [9.17, 15) is 18.4 Å². The largest absolute Gasteiger partial charge is 0.479 e. The van der Waals surface area contributed by atoms with Gasteiger partial charge in [0.1, 0.15) is 11.6 Å². The van der Waals surface area contributed by atoms with Gasteiger partial charge in [0.25, 0.3) is 0 Å². The van der Waals surface area contributed by atoms with Gasteiger partial charge in [-0.2, -0.15) is 0 Å². The number of nitrogens with one attached hydrogen (secondary N) is 2. The Morgan fingerprint density at radius 2 is 1.94 bits per heavy atom. The Bertz CT molecular complexity index is 486. The fraction of sp³-hybridized carbons (Fsp3) is 0.200. The number of carboxylic acids is 1. The minimum Gasteiger partial charge on any atom is -0.479 e. The Hall–Kier alpha value is -2.18. The standard InChI is InChI=1S/C10H8F2N2O3/c11-5-2-1-3-6(12)7(5)10(8(15)16)4-13-9(17)14-10/h1-3H,4H2,(H,15,16)(H2,13,14,17). The maximum Gasteiger partial charge on any atom is 0.336 e. The molecule has 1 aliphatic heterocycles. The van der Waals surface area contributed by atoms with Gasteiger partial charge in [0.15, 0.2) is 5.54 Å². The van der Waals surface area contributed by atoms with Crippen LogP contribution in [0, 0.1) is 11.6 Å². The Morgan fingerprint density at radius 1 is 1.35 bits per heavy atom. The molecule has 2 rings (SSSR count). The van der Waals surface area contributed by atoms with Crippen molar-refractivity contribution in [3.8, 4) is 0 Å². The molecule has 1 heterocycles. The quantitative estimate of drug-likeness (QED) is 0.709. The predicted octanol–water partition coefficient (Wildman–Crippen LogP) is 0.558. The Balaban J connectivity index is 2.62. The van der Waals surface area contributed by atoms with E-state index in [1.165, 1.54) is 0 Å². The molecule has 0 spiro atoms. The first-order valence-corrected chi connectivity index (χ1v) is 4.71. The van der Waals surface area contributed by atoms with Gasteiger partial charge in [-0.05, 0) is 12.1 Å². The van der Waals surface area contributed by atoms with Crippen LogP contribution in [0.2, 0.25) is 0 Å². The number of benzene rings is 1. The van der Waals surface area contributed by atoms with Gasteiger partial charge < -0.3 is 15.7 Å². The fourth-order valence-electron chi connectivity index (χ4n) is 1.79. The topological polar surface area (TPSA) is 78.4 Å². The van der Waals surface area contributed by atoms with Crippen LogP contribution in [0.5, 0.6) is 0 Å². The normalized spacial score (nSPS) is 23.1. The van der Waals surface area contributed by atoms with E-state index in [1.54, 1.807) is 0 Å². The second-order valence-corrected chi connectivity index (χ2v) is 3.61. The minimum atomic E-state index is -2.10. The molecule has 0 saturated carbocycles. The molecule has 0 radical (unpaired) electrons. The number of amides is 2. The molecule has 1 atom stereocenters. The van der Waals surface area contributed by atoms with Crippen molar-refractivity contribution in [2.24, 2.45) is 0 Å². The van der Waals surface area contributed by atoms with Crippen LogP contribution in [0.15, 0.2) is 18.2 Å². The lowest BCUT2D eigenvalue weighted by Crippen LogP contribution is -2.49. The van der Waals surface area contributed by atoms with Crippen LogP contribution in [0.1, 0.15) is 5.56 Å². The van der Waals surface area contributed by atoms with Crippen LogP contribution in [0.25, 0.3) is 0 Å². The number of carbonyl (C=O) groups excluding carboxylic acids is 1. The molecule has 0 aromatic heterocycles. The monoisotopic (exact) mass is 242 g/mol. The number of rotatable bonds is 2. The molecular weight excluding hydrogens is 234 g/mol. The second kappa shape index (κ2) is 3.69. The van der Waals surface area contributed by atoms with E-state index in [0.29, 0.717) is 0 Å². The van der Waals surface area contributed by atoms with Crippen LogP contribution >= 0.6 is 0 Å². The van der Waals surface area contributed by atoms with Gasteiger partial charge in [-0.1, -0.05) is 6.07 Å². The van der Waals surface area contributed by atoms with Crippen LogP contribution in [-0.4, -0.2) is 23.7 Å². The van der Waals surface area contributed by atoms with Gasteiger partial charge in [-0.15, -0.1) is 0 Å². The summed E-state index contributed by atoms with van der Waals surface area (Å²) in [6.07, 6.45) is 0. The number of aliphatic carboxylic acids is 1. The molecule has 1 fully saturated rings. The lowest BCUT2D eigenvalue weighted by atomic mass is 9.90. The molecule has 7 heteroatoms. The summed E-state index contributed by atoms with van der Waals surface area (Å²) in [7, 11) is 0. The zero-order valence-corrected chi connectivity index (χ0v) is 8.46. The van der Waals surface area contributed by atoms with Crippen molar-refractivity contribution < 1.29 is 23.5 Å². The molecule has 90 valence electrons. The molecule has 1 aromatic rings. The highest BCUT2D eigenvalue weighted by Crippen LogP contribution is 2.29. The van der Waals surface area contributed by atoms with E-state index < -0.39 is 41.3 Å². The van der Waals surface area contributed by atoms with Crippen molar-refractivity contribution in [3.63, 3.8) is 0 Å². The van der Waals surface area contributed by atoms with Gasteiger partial charge in [0.2, 0.25) is 0 Å². The Kier molecular flexibility index (Phi) is 2.45. The number of carbonyl (C=O) groups is 2. The molecule has 1 saturated heterocycles. The van der Waals surface area contributed by atoms with Gasteiger partial charge >= 0.3 is 12.0 Å². The first kappa shape index (κ1) is 11.3. The highest BCUT2D eigenvalue weighted by Gasteiger charge is 2.49. The average molecular weight is 242 g/mol. The minimum absolute atomic E-state index is 0.418. The van der Waals surface area contributed by atoms with Crippen LogP contribution in [-0.2, 0) is 10.3 Å². The molecule has 17 heavy (non-hydrogen) atoms. The highest BCUT2D eigenvalue weighted by molar-refractivity contribution is 5.91. The highest BCUT2D eigenvalue weighted by atomic mass is 19.1. The van der Waals surface area contributed by atoms with Crippen molar-refractivity contribution in [2.45, 2.75) is 5.54 Å². The van der Waals surface area contributed by atoms with E-state index in [1.807, 2.05) is 5.32 Å². The number of carboxylic acid groups (broad SMARTS) is 1. The molecular formula is C10H8F2N2O3. The summed E-state index contributed by atoms with van der Waals surface area (Å²) in [5, 5.41) is 13.3. The molecule has 1 unspecified atom stereocenters. The first-order valence-electron chi connectivity index (χ1n) is 4.71. The predicted molar refractivity (Wildman–Crippen MR) is 52.2 cm³/mol. The molecule has 0 aliphatic carbocycles.